The molecule has 5 N–H and O–H groups in total. The van der Waals surface area contributed by atoms with Crippen molar-refractivity contribution in [1.82, 2.24) is 0 Å². The van der Waals surface area contributed by atoms with Gasteiger partial charge in [0.1, 0.15) is 30.1 Å². The van der Waals surface area contributed by atoms with E-state index in [4.69, 9.17) is 9.84 Å². The maximum Gasteiger partial charge on any atom is 0.180 e. The number of ketones is 1. The second kappa shape index (κ2) is 6.89. The molecular formula is C16H25NO7. The van der Waals surface area contributed by atoms with Crippen LogP contribution in [0.5, 0.6) is 0 Å². The van der Waals surface area contributed by atoms with Crippen LogP contribution in [0.3, 0.4) is 0 Å². The number of hydrogen-bond acceptors (Lipinski definition) is 8. The number of Topliss-reactive ketones (excluding diaryl/α,β-unsaturated/α-hetero) is 1. The fourth-order valence-corrected chi connectivity index (χ4v) is 3.21. The number of aliphatic hydroxyl groups excluding tert-OH is 5. The highest BCUT2D eigenvalue weighted by Crippen LogP contribution is 2.36. The second-order valence-electron chi connectivity index (χ2n) is 7.20. The van der Waals surface area contributed by atoms with Crippen molar-refractivity contribution in [3.05, 3.63) is 11.3 Å². The van der Waals surface area contributed by atoms with E-state index in [1.165, 1.54) is 6.92 Å². The smallest absolute Gasteiger partial charge is 0.180 e. The summed E-state index contributed by atoms with van der Waals surface area (Å²) in [5.74, 6) is -0.341. The summed E-state index contributed by atoms with van der Waals surface area (Å²) in [5.41, 5.74) is -0.107. The molecule has 0 saturated carbocycles. The Bertz CT molecular complexity index is 569. The van der Waals surface area contributed by atoms with E-state index in [2.05, 4.69) is 4.99 Å². The van der Waals surface area contributed by atoms with E-state index in [-0.39, 0.29) is 34.7 Å². The first-order valence-electron chi connectivity index (χ1n) is 7.88. The SMILES string of the molecule is CC(=N[C@H]1[C@@H](O)[C@@H](O)[C@@H](CO)O[C@@H]1O)C1=C(O)CC(C)(C)CC1=O. The summed E-state index contributed by atoms with van der Waals surface area (Å²) < 4.78 is 5.03. The van der Waals surface area contributed by atoms with Crippen molar-refractivity contribution < 1.29 is 35.1 Å². The monoisotopic (exact) mass is 343 g/mol. The summed E-state index contributed by atoms with van der Waals surface area (Å²) in [4.78, 5) is 16.4. The minimum atomic E-state index is -1.55. The Labute approximate surface area is 140 Å². The fraction of sp³-hybridized carbons (Fsp3) is 0.750. The molecule has 0 radical (unpaired) electrons. The van der Waals surface area contributed by atoms with Crippen LogP contribution in [0.25, 0.3) is 0 Å². The summed E-state index contributed by atoms with van der Waals surface area (Å²) in [6.07, 6.45) is -4.99. The number of rotatable bonds is 3. The predicted molar refractivity (Wildman–Crippen MR) is 84.6 cm³/mol. The van der Waals surface area contributed by atoms with Crippen LogP contribution in [0.2, 0.25) is 0 Å². The Balaban J connectivity index is 2.29. The van der Waals surface area contributed by atoms with Gasteiger partial charge in [-0.15, -0.1) is 0 Å². The third kappa shape index (κ3) is 3.68. The molecule has 0 spiro atoms. The molecule has 1 aliphatic heterocycles. The number of allylic oxidation sites excluding steroid dienone is 2. The van der Waals surface area contributed by atoms with E-state index in [1.54, 1.807) is 0 Å². The minimum Gasteiger partial charge on any atom is -0.511 e. The number of nitrogens with zero attached hydrogens (tertiary/aromatic N) is 1. The highest BCUT2D eigenvalue weighted by atomic mass is 16.6. The van der Waals surface area contributed by atoms with Crippen LogP contribution >= 0.6 is 0 Å². The Morgan fingerprint density at radius 1 is 1.25 bits per heavy atom. The van der Waals surface area contributed by atoms with E-state index in [9.17, 15) is 25.2 Å². The maximum absolute atomic E-state index is 12.3. The Kier molecular flexibility index (Phi) is 5.46. The first-order chi connectivity index (χ1) is 11.1. The van der Waals surface area contributed by atoms with Crippen LogP contribution in [-0.2, 0) is 9.53 Å². The van der Waals surface area contributed by atoms with Crippen LogP contribution in [0, 0.1) is 5.41 Å². The molecule has 24 heavy (non-hydrogen) atoms. The largest absolute Gasteiger partial charge is 0.511 e. The molecule has 8 heteroatoms. The van der Waals surface area contributed by atoms with Crippen molar-refractivity contribution >= 4 is 11.5 Å². The molecule has 0 aromatic heterocycles. The van der Waals surface area contributed by atoms with Gasteiger partial charge in [0.15, 0.2) is 12.1 Å². The molecule has 1 aliphatic carbocycles. The van der Waals surface area contributed by atoms with E-state index >= 15 is 0 Å². The fourth-order valence-electron chi connectivity index (χ4n) is 3.21. The van der Waals surface area contributed by atoms with Gasteiger partial charge in [0.2, 0.25) is 0 Å². The zero-order chi connectivity index (χ0) is 18.2. The van der Waals surface area contributed by atoms with E-state index < -0.39 is 37.3 Å². The molecule has 0 unspecified atom stereocenters. The predicted octanol–water partition coefficient (Wildman–Crippen LogP) is -0.552. The average Bonchev–Trinajstić information content (AvgIpc) is 2.45. The number of aliphatic imine (C=N–C) groups is 1. The van der Waals surface area contributed by atoms with Crippen LogP contribution in [0.1, 0.15) is 33.6 Å². The standard InChI is InChI=1S/C16H25NO7/c1-7(11-8(19)4-16(2,3)5-9(11)20)17-12-14(22)13(21)10(6-18)24-15(12)23/h10,12-15,18-19,21-23H,4-6H2,1-3H3/t10-,12+,13+,14-,15+/m1/s1. The van der Waals surface area contributed by atoms with Crippen molar-refractivity contribution in [2.75, 3.05) is 6.61 Å². The van der Waals surface area contributed by atoms with Gasteiger partial charge in [-0.3, -0.25) is 9.79 Å². The molecule has 1 saturated heterocycles. The van der Waals surface area contributed by atoms with Crippen molar-refractivity contribution in [3.63, 3.8) is 0 Å². The van der Waals surface area contributed by atoms with Gasteiger partial charge in [-0.1, -0.05) is 13.8 Å². The van der Waals surface area contributed by atoms with Gasteiger partial charge < -0.3 is 30.3 Å². The maximum atomic E-state index is 12.3. The van der Waals surface area contributed by atoms with Crippen LogP contribution in [0.4, 0.5) is 0 Å². The number of ether oxygens (including phenoxy) is 1. The summed E-state index contributed by atoms with van der Waals surface area (Å²) >= 11 is 0. The van der Waals surface area contributed by atoms with Gasteiger partial charge in [0, 0.05) is 18.6 Å². The number of aliphatic hydroxyl groups is 5. The molecule has 2 rings (SSSR count). The summed E-state index contributed by atoms with van der Waals surface area (Å²) in [6.45, 7) is 4.67. The molecule has 8 nitrogen and oxygen atoms in total. The third-order valence-corrected chi connectivity index (χ3v) is 4.42. The van der Waals surface area contributed by atoms with Crippen LogP contribution in [0.15, 0.2) is 16.3 Å². The van der Waals surface area contributed by atoms with Crippen LogP contribution in [-0.4, -0.2) is 74.3 Å². The van der Waals surface area contributed by atoms with E-state index in [0.29, 0.717) is 6.42 Å². The summed E-state index contributed by atoms with van der Waals surface area (Å²) in [6, 6.07) is -1.23. The zero-order valence-corrected chi connectivity index (χ0v) is 14.0. The second-order valence-corrected chi connectivity index (χ2v) is 7.20. The molecule has 5 atom stereocenters. The lowest BCUT2D eigenvalue weighted by Gasteiger charge is -2.38. The molecule has 1 heterocycles. The highest BCUT2D eigenvalue weighted by molar-refractivity contribution is 6.22. The Morgan fingerprint density at radius 2 is 1.88 bits per heavy atom. The van der Waals surface area contributed by atoms with Gasteiger partial charge in [-0.25, -0.2) is 0 Å². The first kappa shape index (κ1) is 19.0. The number of carbonyl (C=O) groups excluding carboxylic acids is 1. The number of hydrogen-bond donors (Lipinski definition) is 5. The summed E-state index contributed by atoms with van der Waals surface area (Å²) in [5, 5.41) is 49.2. The van der Waals surface area contributed by atoms with Crippen molar-refractivity contribution in [2.24, 2.45) is 10.4 Å². The van der Waals surface area contributed by atoms with Crippen LogP contribution < -0.4 is 0 Å². The number of carbonyl (C=O) groups is 1. The lowest BCUT2D eigenvalue weighted by Crippen LogP contribution is -2.58. The average molecular weight is 343 g/mol. The molecule has 0 bridgehead atoms. The highest BCUT2D eigenvalue weighted by Gasteiger charge is 2.44. The molecule has 0 amide bonds. The molecule has 1 fully saturated rings. The van der Waals surface area contributed by atoms with Crippen molar-refractivity contribution in [2.45, 2.75) is 64.3 Å². The van der Waals surface area contributed by atoms with Crippen molar-refractivity contribution in [1.29, 1.82) is 0 Å². The van der Waals surface area contributed by atoms with Gasteiger partial charge in [0.25, 0.3) is 0 Å². The lowest BCUT2D eigenvalue weighted by atomic mass is 9.75. The normalized spacial score (nSPS) is 37.7. The Morgan fingerprint density at radius 3 is 2.42 bits per heavy atom. The summed E-state index contributed by atoms with van der Waals surface area (Å²) in [7, 11) is 0. The Hall–Kier alpha value is -1.32. The van der Waals surface area contributed by atoms with Gasteiger partial charge >= 0.3 is 0 Å². The molecule has 0 aromatic carbocycles. The van der Waals surface area contributed by atoms with Crippen molar-refractivity contribution in [3.8, 4) is 0 Å². The minimum absolute atomic E-state index is 0.0764. The quantitative estimate of drug-likeness (QED) is 0.433. The third-order valence-electron chi connectivity index (χ3n) is 4.42. The van der Waals surface area contributed by atoms with Gasteiger partial charge in [-0.05, 0) is 12.3 Å². The lowest BCUT2D eigenvalue weighted by molar-refractivity contribution is -0.248. The van der Waals surface area contributed by atoms with Gasteiger partial charge in [-0.2, -0.15) is 0 Å². The zero-order valence-electron chi connectivity index (χ0n) is 14.0. The molecule has 136 valence electrons. The van der Waals surface area contributed by atoms with Gasteiger partial charge in [0.05, 0.1) is 12.2 Å². The molecule has 0 aromatic rings. The molecular weight excluding hydrogens is 318 g/mol. The topological polar surface area (TPSA) is 140 Å². The molecule has 2 aliphatic rings. The first-order valence-corrected chi connectivity index (χ1v) is 7.88. The van der Waals surface area contributed by atoms with E-state index in [1.807, 2.05) is 13.8 Å². The van der Waals surface area contributed by atoms with E-state index in [0.717, 1.165) is 0 Å².